The number of nitrogens with zero attached hydrogens (tertiary/aromatic N) is 2. The van der Waals surface area contributed by atoms with Crippen molar-refractivity contribution in [2.75, 3.05) is 18.0 Å². The van der Waals surface area contributed by atoms with E-state index in [9.17, 15) is 9.59 Å². The maximum Gasteiger partial charge on any atom is 0.271 e. The lowest BCUT2D eigenvalue weighted by Gasteiger charge is -2.33. The molecule has 1 aromatic heterocycles. The summed E-state index contributed by atoms with van der Waals surface area (Å²) >= 11 is 1.58. The molecule has 142 valence electrons. The number of anilines is 1. The number of nitrogens with one attached hydrogen (secondary N) is 1. The molecule has 0 radical (unpaired) electrons. The number of piperidine rings is 1. The number of carbonyl (C=O) groups excluding carboxylic acids is 2. The Bertz CT molecular complexity index is 829. The Balaban J connectivity index is 1.32. The fourth-order valence-corrected chi connectivity index (χ4v) is 4.42. The predicted octanol–water partition coefficient (Wildman–Crippen LogP) is 2.65. The summed E-state index contributed by atoms with van der Waals surface area (Å²) in [6.07, 6.45) is 4.23. The van der Waals surface area contributed by atoms with E-state index in [1.54, 1.807) is 11.3 Å². The molecule has 1 aromatic carbocycles. The second-order valence-corrected chi connectivity index (χ2v) is 8.27. The highest BCUT2D eigenvalue weighted by Crippen LogP contribution is 2.41. The Morgan fingerprint density at radius 2 is 2.00 bits per heavy atom. The van der Waals surface area contributed by atoms with E-state index in [0.717, 1.165) is 35.6 Å². The Labute approximate surface area is 162 Å². The molecule has 27 heavy (non-hydrogen) atoms. The standard InChI is InChI=1S/C20H24N4O2S/c21-18(25)15-2-1-9-24(11-15)16-7-3-13(4-8-16)10-22-19(26)17-12-27-20(23-17)14-5-6-14/h3-4,7-8,12,14-15H,1-2,5-6,9-11H2,(H2,21,25)(H,22,26). The summed E-state index contributed by atoms with van der Waals surface area (Å²) in [4.78, 5) is 30.4. The molecule has 4 rings (SSSR count). The minimum absolute atomic E-state index is 0.0728. The van der Waals surface area contributed by atoms with Gasteiger partial charge in [0, 0.05) is 36.6 Å². The van der Waals surface area contributed by atoms with Crippen LogP contribution in [-0.4, -0.2) is 29.9 Å². The molecule has 1 saturated carbocycles. The third-order valence-corrected chi connectivity index (χ3v) is 6.27. The first-order valence-corrected chi connectivity index (χ1v) is 10.3. The first-order valence-electron chi connectivity index (χ1n) is 9.47. The summed E-state index contributed by atoms with van der Waals surface area (Å²) in [7, 11) is 0. The van der Waals surface area contributed by atoms with Crippen LogP contribution in [0.2, 0.25) is 0 Å². The smallest absolute Gasteiger partial charge is 0.271 e. The molecular weight excluding hydrogens is 360 g/mol. The average Bonchev–Trinajstić information content (AvgIpc) is 3.43. The summed E-state index contributed by atoms with van der Waals surface area (Å²) in [6, 6.07) is 8.11. The van der Waals surface area contributed by atoms with E-state index < -0.39 is 0 Å². The van der Waals surface area contributed by atoms with Gasteiger partial charge in [-0.05, 0) is 43.4 Å². The van der Waals surface area contributed by atoms with Gasteiger partial charge in [0.15, 0.2) is 0 Å². The quantitative estimate of drug-likeness (QED) is 0.801. The van der Waals surface area contributed by atoms with Crippen LogP contribution in [0.1, 0.15) is 52.7 Å². The molecule has 1 aliphatic carbocycles. The highest BCUT2D eigenvalue weighted by Gasteiger charge is 2.27. The van der Waals surface area contributed by atoms with Crippen LogP contribution in [-0.2, 0) is 11.3 Å². The normalized spacial score (nSPS) is 19.7. The number of aromatic nitrogens is 1. The monoisotopic (exact) mass is 384 g/mol. The third kappa shape index (κ3) is 4.30. The molecule has 1 unspecified atom stereocenters. The lowest BCUT2D eigenvalue weighted by atomic mass is 9.97. The first kappa shape index (κ1) is 18.0. The average molecular weight is 385 g/mol. The molecule has 0 bridgehead atoms. The van der Waals surface area contributed by atoms with Crippen LogP contribution in [0, 0.1) is 5.92 Å². The number of hydrogen-bond acceptors (Lipinski definition) is 5. The zero-order chi connectivity index (χ0) is 18.8. The van der Waals surface area contributed by atoms with E-state index in [1.807, 2.05) is 29.6 Å². The van der Waals surface area contributed by atoms with Gasteiger partial charge in [0.05, 0.1) is 10.9 Å². The Kier molecular flexibility index (Phi) is 5.11. The van der Waals surface area contributed by atoms with Crippen molar-refractivity contribution in [3.05, 3.63) is 45.9 Å². The van der Waals surface area contributed by atoms with Crippen molar-refractivity contribution in [1.29, 1.82) is 0 Å². The zero-order valence-electron chi connectivity index (χ0n) is 15.2. The van der Waals surface area contributed by atoms with Crippen molar-refractivity contribution >= 4 is 28.8 Å². The molecular formula is C20H24N4O2S. The van der Waals surface area contributed by atoms with Gasteiger partial charge in [0.2, 0.25) is 5.91 Å². The summed E-state index contributed by atoms with van der Waals surface area (Å²) in [5.41, 5.74) is 8.10. The van der Waals surface area contributed by atoms with E-state index >= 15 is 0 Å². The second kappa shape index (κ2) is 7.68. The molecule has 2 heterocycles. The van der Waals surface area contributed by atoms with Crippen molar-refractivity contribution in [2.45, 2.75) is 38.1 Å². The van der Waals surface area contributed by atoms with Crippen LogP contribution in [0.15, 0.2) is 29.6 Å². The van der Waals surface area contributed by atoms with Crippen molar-refractivity contribution in [1.82, 2.24) is 10.3 Å². The molecule has 2 fully saturated rings. The van der Waals surface area contributed by atoms with E-state index in [2.05, 4.69) is 15.2 Å². The summed E-state index contributed by atoms with van der Waals surface area (Å²) < 4.78 is 0. The molecule has 0 spiro atoms. The van der Waals surface area contributed by atoms with E-state index in [-0.39, 0.29) is 17.7 Å². The predicted molar refractivity (Wildman–Crippen MR) is 106 cm³/mol. The van der Waals surface area contributed by atoms with E-state index in [0.29, 0.717) is 24.7 Å². The van der Waals surface area contributed by atoms with Gasteiger partial charge >= 0.3 is 0 Å². The third-order valence-electron chi connectivity index (χ3n) is 5.26. The first-order chi connectivity index (χ1) is 13.1. The fourth-order valence-electron chi connectivity index (χ4n) is 3.45. The van der Waals surface area contributed by atoms with Crippen LogP contribution >= 0.6 is 11.3 Å². The van der Waals surface area contributed by atoms with E-state index in [1.165, 1.54) is 12.8 Å². The Morgan fingerprint density at radius 3 is 2.70 bits per heavy atom. The largest absolute Gasteiger partial charge is 0.371 e. The van der Waals surface area contributed by atoms with Gasteiger partial charge in [-0.3, -0.25) is 9.59 Å². The number of thiazole rings is 1. The number of carbonyl (C=O) groups is 2. The molecule has 7 heteroatoms. The van der Waals surface area contributed by atoms with Crippen LogP contribution < -0.4 is 16.0 Å². The number of benzene rings is 1. The number of hydrogen-bond donors (Lipinski definition) is 2. The lowest BCUT2D eigenvalue weighted by Crippen LogP contribution is -2.41. The molecule has 1 atom stereocenters. The minimum atomic E-state index is -0.217. The molecule has 6 nitrogen and oxygen atoms in total. The second-order valence-electron chi connectivity index (χ2n) is 7.38. The summed E-state index contributed by atoms with van der Waals surface area (Å²) in [5, 5.41) is 5.87. The van der Waals surface area contributed by atoms with Gasteiger partial charge in [0.25, 0.3) is 5.91 Å². The van der Waals surface area contributed by atoms with Crippen molar-refractivity contribution < 1.29 is 9.59 Å². The molecule has 1 aliphatic heterocycles. The number of amides is 2. The number of nitrogens with two attached hydrogens (primary N) is 1. The number of primary amides is 1. The SMILES string of the molecule is NC(=O)C1CCCN(c2ccc(CNC(=O)c3csc(C4CC4)n3)cc2)C1. The van der Waals surface area contributed by atoms with Gasteiger partial charge < -0.3 is 16.0 Å². The van der Waals surface area contributed by atoms with Gasteiger partial charge in [-0.25, -0.2) is 4.98 Å². The van der Waals surface area contributed by atoms with Crippen molar-refractivity contribution in [2.24, 2.45) is 11.7 Å². The van der Waals surface area contributed by atoms with Crippen LogP contribution in [0.5, 0.6) is 0 Å². The lowest BCUT2D eigenvalue weighted by molar-refractivity contribution is -0.122. The van der Waals surface area contributed by atoms with Crippen LogP contribution in [0.4, 0.5) is 5.69 Å². The van der Waals surface area contributed by atoms with Gasteiger partial charge in [-0.2, -0.15) is 0 Å². The molecule has 2 aliphatic rings. The van der Waals surface area contributed by atoms with Gasteiger partial charge in [-0.1, -0.05) is 12.1 Å². The zero-order valence-corrected chi connectivity index (χ0v) is 16.0. The minimum Gasteiger partial charge on any atom is -0.371 e. The Morgan fingerprint density at radius 1 is 1.22 bits per heavy atom. The highest BCUT2D eigenvalue weighted by atomic mass is 32.1. The highest BCUT2D eigenvalue weighted by molar-refractivity contribution is 7.10. The summed E-state index contributed by atoms with van der Waals surface area (Å²) in [6.45, 7) is 2.09. The maximum atomic E-state index is 12.3. The van der Waals surface area contributed by atoms with Crippen molar-refractivity contribution in [3.63, 3.8) is 0 Å². The number of rotatable bonds is 6. The fraction of sp³-hybridized carbons (Fsp3) is 0.450. The molecule has 2 aromatic rings. The van der Waals surface area contributed by atoms with Crippen LogP contribution in [0.3, 0.4) is 0 Å². The molecule has 3 N–H and O–H groups in total. The maximum absolute atomic E-state index is 12.3. The van der Waals surface area contributed by atoms with E-state index in [4.69, 9.17) is 5.73 Å². The van der Waals surface area contributed by atoms with Gasteiger partial charge in [0.1, 0.15) is 5.69 Å². The van der Waals surface area contributed by atoms with Crippen LogP contribution in [0.25, 0.3) is 0 Å². The summed E-state index contributed by atoms with van der Waals surface area (Å²) in [5.74, 6) is 0.165. The molecule has 2 amide bonds. The topological polar surface area (TPSA) is 88.3 Å². The Hall–Kier alpha value is -2.41. The molecule has 1 saturated heterocycles. The van der Waals surface area contributed by atoms with Gasteiger partial charge in [-0.15, -0.1) is 11.3 Å². The van der Waals surface area contributed by atoms with Crippen molar-refractivity contribution in [3.8, 4) is 0 Å².